The Balaban J connectivity index is 4.02. The molecule has 0 aromatic carbocycles. The summed E-state index contributed by atoms with van der Waals surface area (Å²) in [5.41, 5.74) is -1.41. The van der Waals surface area contributed by atoms with E-state index in [1.165, 1.54) is 0 Å². The quantitative estimate of drug-likeness (QED) is 0.513. The second kappa shape index (κ2) is 1.98. The molecule has 0 aliphatic heterocycles. The highest BCUT2D eigenvalue weighted by molar-refractivity contribution is 5.96. The maximum atomic E-state index is 11.2. The molecule has 0 atom stereocenters. The van der Waals surface area contributed by atoms with E-state index in [9.17, 15) is 13.2 Å². The summed E-state index contributed by atoms with van der Waals surface area (Å²) >= 11 is 0. The van der Waals surface area contributed by atoms with Gasteiger partial charge in [-0.05, 0) is 6.08 Å². The van der Waals surface area contributed by atoms with E-state index in [0.717, 1.165) is 0 Å². The molecule has 0 spiro atoms. The Hall–Kier alpha value is -0.800. The lowest BCUT2D eigenvalue weighted by Gasteiger charge is -2.00. The second-order valence-corrected chi connectivity index (χ2v) is 1.12. The predicted octanol–water partition coefficient (Wildman–Crippen LogP) is 1.75. The largest absolute Gasteiger partial charge is 0.432 e. The van der Waals surface area contributed by atoms with Crippen LogP contribution in [-0.4, -0.2) is 11.9 Å². The Morgan fingerprint density at radius 1 is 1.50 bits per heavy atom. The molecule has 0 fully saturated rings. The maximum absolute atomic E-state index is 11.2. The van der Waals surface area contributed by atoms with Crippen molar-refractivity contribution in [1.29, 1.82) is 5.41 Å². The van der Waals surface area contributed by atoms with E-state index in [-0.39, 0.29) is 0 Å². The standard InChI is InChI=1S/C4H4F3N/c1-2-3(8)4(5,6)7/h2,8H,1H2. The van der Waals surface area contributed by atoms with Crippen molar-refractivity contribution in [2.24, 2.45) is 0 Å². The van der Waals surface area contributed by atoms with E-state index < -0.39 is 11.9 Å². The molecular weight excluding hydrogens is 119 g/mol. The summed E-state index contributed by atoms with van der Waals surface area (Å²) in [6.45, 7) is 2.78. The van der Waals surface area contributed by atoms with E-state index in [4.69, 9.17) is 5.41 Å². The fourth-order valence-corrected chi connectivity index (χ4v) is 0.116. The number of rotatable bonds is 1. The van der Waals surface area contributed by atoms with E-state index in [1.54, 1.807) is 0 Å². The molecule has 0 aromatic rings. The number of alkyl halides is 3. The average Bonchev–Trinajstić information content (AvgIpc) is 1.62. The number of halogens is 3. The first-order valence-corrected chi connectivity index (χ1v) is 1.76. The van der Waals surface area contributed by atoms with Crippen molar-refractivity contribution in [3.63, 3.8) is 0 Å². The van der Waals surface area contributed by atoms with Gasteiger partial charge in [-0.1, -0.05) is 6.58 Å². The first-order valence-electron chi connectivity index (χ1n) is 1.76. The molecule has 1 nitrogen and oxygen atoms in total. The molecule has 0 radical (unpaired) electrons. The summed E-state index contributed by atoms with van der Waals surface area (Å²) in [6, 6.07) is 0. The molecule has 0 aliphatic rings. The van der Waals surface area contributed by atoms with Crippen LogP contribution in [0.5, 0.6) is 0 Å². The minimum Gasteiger partial charge on any atom is -0.297 e. The van der Waals surface area contributed by atoms with Crippen LogP contribution in [0, 0.1) is 5.41 Å². The van der Waals surface area contributed by atoms with Crippen LogP contribution >= 0.6 is 0 Å². The van der Waals surface area contributed by atoms with Crippen molar-refractivity contribution in [1.82, 2.24) is 0 Å². The van der Waals surface area contributed by atoms with Crippen LogP contribution in [0.1, 0.15) is 0 Å². The van der Waals surface area contributed by atoms with E-state index in [1.807, 2.05) is 0 Å². The Bertz CT molecular complexity index is 113. The van der Waals surface area contributed by atoms with Gasteiger partial charge in [-0.15, -0.1) is 0 Å². The van der Waals surface area contributed by atoms with Crippen LogP contribution in [0.2, 0.25) is 0 Å². The van der Waals surface area contributed by atoms with Crippen molar-refractivity contribution >= 4 is 5.71 Å². The lowest BCUT2D eigenvalue weighted by atomic mass is 10.4. The van der Waals surface area contributed by atoms with Crippen LogP contribution in [0.25, 0.3) is 0 Å². The number of nitrogens with one attached hydrogen (secondary N) is 1. The Morgan fingerprint density at radius 3 is 1.88 bits per heavy atom. The van der Waals surface area contributed by atoms with Crippen LogP contribution in [-0.2, 0) is 0 Å². The highest BCUT2D eigenvalue weighted by atomic mass is 19.4. The first kappa shape index (κ1) is 7.20. The molecule has 46 valence electrons. The third kappa shape index (κ3) is 1.77. The van der Waals surface area contributed by atoms with Gasteiger partial charge in [0.1, 0.15) is 5.71 Å². The van der Waals surface area contributed by atoms with Gasteiger partial charge in [-0.2, -0.15) is 13.2 Å². The van der Waals surface area contributed by atoms with Crippen molar-refractivity contribution in [3.8, 4) is 0 Å². The molecule has 0 rings (SSSR count). The molecule has 8 heavy (non-hydrogen) atoms. The van der Waals surface area contributed by atoms with Crippen LogP contribution in [0.15, 0.2) is 12.7 Å². The minimum atomic E-state index is -4.53. The predicted molar refractivity (Wildman–Crippen MR) is 24.0 cm³/mol. The molecule has 0 aliphatic carbocycles. The van der Waals surface area contributed by atoms with E-state index in [2.05, 4.69) is 6.58 Å². The lowest BCUT2D eigenvalue weighted by molar-refractivity contribution is -0.0583. The molecule has 1 N–H and O–H groups in total. The zero-order valence-corrected chi connectivity index (χ0v) is 3.92. The third-order valence-electron chi connectivity index (χ3n) is 0.510. The van der Waals surface area contributed by atoms with Crippen LogP contribution in [0.4, 0.5) is 13.2 Å². The second-order valence-electron chi connectivity index (χ2n) is 1.12. The molecular formula is C4H4F3N. The molecule has 4 heteroatoms. The molecule has 0 saturated heterocycles. The Kier molecular flexibility index (Phi) is 1.78. The molecule has 0 unspecified atom stereocenters. The highest BCUT2D eigenvalue weighted by Gasteiger charge is 2.31. The monoisotopic (exact) mass is 123 g/mol. The molecule has 0 saturated carbocycles. The molecule has 0 aromatic heterocycles. The zero-order valence-electron chi connectivity index (χ0n) is 3.92. The Morgan fingerprint density at radius 2 is 1.88 bits per heavy atom. The van der Waals surface area contributed by atoms with E-state index in [0.29, 0.717) is 6.08 Å². The lowest BCUT2D eigenvalue weighted by Crippen LogP contribution is -2.18. The van der Waals surface area contributed by atoms with Gasteiger partial charge in [0.05, 0.1) is 0 Å². The summed E-state index contributed by atoms with van der Waals surface area (Å²) < 4.78 is 33.5. The fraction of sp³-hybridized carbons (Fsp3) is 0.250. The summed E-state index contributed by atoms with van der Waals surface area (Å²) in [4.78, 5) is 0. The minimum absolute atomic E-state index is 0.458. The highest BCUT2D eigenvalue weighted by Crippen LogP contribution is 2.15. The van der Waals surface area contributed by atoms with Crippen molar-refractivity contribution in [2.45, 2.75) is 6.18 Å². The Labute approximate surface area is 44.3 Å². The van der Waals surface area contributed by atoms with Gasteiger partial charge in [0.25, 0.3) is 0 Å². The first-order chi connectivity index (χ1) is 3.48. The number of hydrogen-bond donors (Lipinski definition) is 1. The maximum Gasteiger partial charge on any atom is 0.432 e. The van der Waals surface area contributed by atoms with Gasteiger partial charge in [0.15, 0.2) is 0 Å². The summed E-state index contributed by atoms with van der Waals surface area (Å²) in [6.07, 6.45) is -4.07. The van der Waals surface area contributed by atoms with Crippen molar-refractivity contribution in [3.05, 3.63) is 12.7 Å². The SMILES string of the molecule is C=CC(=N)C(F)(F)F. The van der Waals surface area contributed by atoms with E-state index >= 15 is 0 Å². The van der Waals surface area contributed by atoms with Crippen molar-refractivity contribution < 1.29 is 13.2 Å². The third-order valence-corrected chi connectivity index (χ3v) is 0.510. The van der Waals surface area contributed by atoms with Gasteiger partial charge in [-0.3, -0.25) is 5.41 Å². The molecule has 0 amide bonds. The van der Waals surface area contributed by atoms with Crippen LogP contribution in [0.3, 0.4) is 0 Å². The normalized spacial score (nSPS) is 10.9. The van der Waals surface area contributed by atoms with Gasteiger partial charge in [-0.25, -0.2) is 0 Å². The average molecular weight is 123 g/mol. The number of hydrogen-bond acceptors (Lipinski definition) is 1. The smallest absolute Gasteiger partial charge is 0.297 e. The van der Waals surface area contributed by atoms with Gasteiger partial charge < -0.3 is 0 Å². The fourth-order valence-electron chi connectivity index (χ4n) is 0.116. The van der Waals surface area contributed by atoms with Gasteiger partial charge in [0.2, 0.25) is 0 Å². The van der Waals surface area contributed by atoms with Crippen LogP contribution < -0.4 is 0 Å². The zero-order chi connectivity index (χ0) is 6.78. The van der Waals surface area contributed by atoms with Gasteiger partial charge in [0, 0.05) is 0 Å². The summed E-state index contributed by atoms with van der Waals surface area (Å²) in [5.74, 6) is 0. The number of allylic oxidation sites excluding steroid dienone is 1. The topological polar surface area (TPSA) is 23.9 Å². The van der Waals surface area contributed by atoms with Gasteiger partial charge >= 0.3 is 6.18 Å². The summed E-state index contributed by atoms with van der Waals surface area (Å²) in [7, 11) is 0. The summed E-state index contributed by atoms with van der Waals surface area (Å²) in [5, 5.41) is 6.15. The molecule has 0 bridgehead atoms. The van der Waals surface area contributed by atoms with Crippen molar-refractivity contribution in [2.75, 3.05) is 0 Å². The molecule has 0 heterocycles.